The standard InChI is InChI=1S/C7H6BrN3O/c1-2-3-9-6-5(8)7(12)11-4-10-6/h1,4H,3H2,(H2,9,10,11,12). The van der Waals surface area contributed by atoms with Gasteiger partial charge in [-0.15, -0.1) is 6.42 Å². The van der Waals surface area contributed by atoms with E-state index in [0.29, 0.717) is 16.8 Å². The minimum Gasteiger partial charge on any atom is -0.358 e. The van der Waals surface area contributed by atoms with Crippen molar-refractivity contribution in [2.45, 2.75) is 0 Å². The van der Waals surface area contributed by atoms with Gasteiger partial charge in [-0.2, -0.15) is 0 Å². The number of nitrogens with zero attached hydrogens (tertiary/aromatic N) is 1. The SMILES string of the molecule is C#CCNc1nc[nH]c(=O)c1Br. The number of halogens is 1. The summed E-state index contributed by atoms with van der Waals surface area (Å²) in [4.78, 5) is 17.2. The average Bonchev–Trinajstić information content (AvgIpc) is 2.08. The number of rotatable bonds is 2. The fraction of sp³-hybridized carbons (Fsp3) is 0.143. The van der Waals surface area contributed by atoms with Crippen LogP contribution in [0.5, 0.6) is 0 Å². The molecule has 0 aliphatic carbocycles. The van der Waals surface area contributed by atoms with Gasteiger partial charge in [-0.25, -0.2) is 4.98 Å². The highest BCUT2D eigenvalue weighted by molar-refractivity contribution is 9.10. The molecule has 0 aromatic carbocycles. The number of nitrogens with one attached hydrogen (secondary N) is 2. The Kier molecular flexibility index (Phi) is 2.88. The maximum absolute atomic E-state index is 11.0. The highest BCUT2D eigenvalue weighted by Gasteiger charge is 2.02. The van der Waals surface area contributed by atoms with E-state index in [-0.39, 0.29) is 5.56 Å². The number of terminal acetylenes is 1. The van der Waals surface area contributed by atoms with E-state index in [0.717, 1.165) is 0 Å². The third-order valence-electron chi connectivity index (χ3n) is 1.15. The molecule has 0 bridgehead atoms. The van der Waals surface area contributed by atoms with E-state index in [4.69, 9.17) is 6.42 Å². The first-order valence-corrected chi connectivity index (χ1v) is 3.95. The number of hydrogen-bond acceptors (Lipinski definition) is 3. The molecule has 0 radical (unpaired) electrons. The molecule has 5 heteroatoms. The molecule has 12 heavy (non-hydrogen) atoms. The third kappa shape index (κ3) is 1.86. The van der Waals surface area contributed by atoms with Gasteiger partial charge < -0.3 is 10.3 Å². The lowest BCUT2D eigenvalue weighted by Gasteiger charge is -2.01. The van der Waals surface area contributed by atoms with Gasteiger partial charge >= 0.3 is 0 Å². The lowest BCUT2D eigenvalue weighted by atomic mass is 10.5. The van der Waals surface area contributed by atoms with Gasteiger partial charge in [-0.1, -0.05) is 5.92 Å². The van der Waals surface area contributed by atoms with Crippen LogP contribution in [0.3, 0.4) is 0 Å². The van der Waals surface area contributed by atoms with Gasteiger partial charge in [-0.05, 0) is 15.9 Å². The zero-order valence-electron chi connectivity index (χ0n) is 6.10. The van der Waals surface area contributed by atoms with Crippen LogP contribution in [-0.2, 0) is 0 Å². The maximum Gasteiger partial charge on any atom is 0.267 e. The largest absolute Gasteiger partial charge is 0.358 e. The van der Waals surface area contributed by atoms with Gasteiger partial charge in [0, 0.05) is 0 Å². The molecule has 0 amide bonds. The fourth-order valence-corrected chi connectivity index (χ4v) is 0.998. The summed E-state index contributed by atoms with van der Waals surface area (Å²) in [6.07, 6.45) is 6.33. The molecule has 0 fully saturated rings. The van der Waals surface area contributed by atoms with E-state index in [1.807, 2.05) is 0 Å². The molecule has 0 unspecified atom stereocenters. The second-order valence-corrected chi connectivity index (χ2v) is 2.74. The zero-order chi connectivity index (χ0) is 8.97. The van der Waals surface area contributed by atoms with Crippen molar-refractivity contribution in [2.24, 2.45) is 0 Å². The van der Waals surface area contributed by atoms with Crippen LogP contribution in [0.15, 0.2) is 15.6 Å². The molecule has 0 spiro atoms. The van der Waals surface area contributed by atoms with E-state index in [2.05, 4.69) is 37.1 Å². The summed E-state index contributed by atoms with van der Waals surface area (Å²) in [5.41, 5.74) is -0.232. The molecule has 2 N–H and O–H groups in total. The van der Waals surface area contributed by atoms with E-state index < -0.39 is 0 Å². The molecule has 0 atom stereocenters. The Labute approximate surface area is 77.5 Å². The summed E-state index contributed by atoms with van der Waals surface area (Å²) in [5, 5.41) is 2.79. The third-order valence-corrected chi connectivity index (χ3v) is 1.89. The Morgan fingerprint density at radius 2 is 2.58 bits per heavy atom. The van der Waals surface area contributed by atoms with Crippen molar-refractivity contribution in [3.63, 3.8) is 0 Å². The first-order chi connectivity index (χ1) is 5.75. The molecule has 1 aromatic heterocycles. The molecule has 0 aliphatic heterocycles. The highest BCUT2D eigenvalue weighted by atomic mass is 79.9. The second-order valence-electron chi connectivity index (χ2n) is 1.95. The topological polar surface area (TPSA) is 57.8 Å². The van der Waals surface area contributed by atoms with Crippen LogP contribution in [0, 0.1) is 12.3 Å². The number of H-pyrrole nitrogens is 1. The lowest BCUT2D eigenvalue weighted by Crippen LogP contribution is -2.12. The van der Waals surface area contributed by atoms with E-state index in [1.54, 1.807) is 0 Å². The normalized spacial score (nSPS) is 9.00. The Morgan fingerprint density at radius 1 is 1.83 bits per heavy atom. The fourth-order valence-electron chi connectivity index (χ4n) is 0.641. The van der Waals surface area contributed by atoms with Gasteiger partial charge in [0.15, 0.2) is 0 Å². The van der Waals surface area contributed by atoms with E-state index >= 15 is 0 Å². The van der Waals surface area contributed by atoms with Crippen LogP contribution in [0.1, 0.15) is 0 Å². The predicted molar refractivity (Wildman–Crippen MR) is 49.9 cm³/mol. The van der Waals surface area contributed by atoms with Crippen molar-refractivity contribution in [1.29, 1.82) is 0 Å². The Balaban J connectivity index is 2.94. The van der Waals surface area contributed by atoms with Crippen LogP contribution in [0.2, 0.25) is 0 Å². The lowest BCUT2D eigenvalue weighted by molar-refractivity contribution is 1.09. The number of anilines is 1. The van der Waals surface area contributed by atoms with Crippen molar-refractivity contribution in [3.8, 4) is 12.3 Å². The van der Waals surface area contributed by atoms with Crippen molar-refractivity contribution in [2.75, 3.05) is 11.9 Å². The average molecular weight is 228 g/mol. The molecule has 1 rings (SSSR count). The molecule has 0 saturated heterocycles. The molecule has 0 saturated carbocycles. The van der Waals surface area contributed by atoms with Gasteiger partial charge in [0.2, 0.25) is 0 Å². The summed E-state index contributed by atoms with van der Waals surface area (Å²) in [6.45, 7) is 0.342. The minimum absolute atomic E-state index is 0.232. The second kappa shape index (κ2) is 3.93. The van der Waals surface area contributed by atoms with Gasteiger partial charge in [-0.3, -0.25) is 4.79 Å². The van der Waals surface area contributed by atoms with Crippen molar-refractivity contribution < 1.29 is 0 Å². The first-order valence-electron chi connectivity index (χ1n) is 3.16. The quantitative estimate of drug-likeness (QED) is 0.728. The molecule has 1 heterocycles. The van der Waals surface area contributed by atoms with Crippen LogP contribution in [0.25, 0.3) is 0 Å². The van der Waals surface area contributed by atoms with Gasteiger partial charge in [0.25, 0.3) is 5.56 Å². The predicted octanol–water partition coefficient (Wildman–Crippen LogP) is 0.577. The first kappa shape index (κ1) is 8.81. The summed E-state index contributed by atoms with van der Waals surface area (Å²) < 4.78 is 0.361. The highest BCUT2D eigenvalue weighted by Crippen LogP contribution is 2.11. The zero-order valence-corrected chi connectivity index (χ0v) is 7.68. The summed E-state index contributed by atoms with van der Waals surface area (Å²) in [5.74, 6) is 2.83. The minimum atomic E-state index is -0.232. The molecule has 4 nitrogen and oxygen atoms in total. The van der Waals surface area contributed by atoms with E-state index in [1.165, 1.54) is 6.33 Å². The number of aromatic nitrogens is 2. The monoisotopic (exact) mass is 227 g/mol. The number of hydrogen-bond donors (Lipinski definition) is 2. The molecule has 62 valence electrons. The summed E-state index contributed by atoms with van der Waals surface area (Å²) in [6, 6.07) is 0. The Morgan fingerprint density at radius 3 is 3.25 bits per heavy atom. The Bertz CT molecular complexity index is 366. The smallest absolute Gasteiger partial charge is 0.267 e. The van der Waals surface area contributed by atoms with Crippen molar-refractivity contribution >= 4 is 21.7 Å². The summed E-state index contributed by atoms with van der Waals surface area (Å²) >= 11 is 3.07. The molecular weight excluding hydrogens is 222 g/mol. The molecule has 1 aromatic rings. The van der Waals surface area contributed by atoms with Gasteiger partial charge in [0.05, 0.1) is 12.9 Å². The molecule has 0 aliphatic rings. The van der Waals surface area contributed by atoms with Crippen molar-refractivity contribution in [3.05, 3.63) is 21.2 Å². The van der Waals surface area contributed by atoms with Crippen molar-refractivity contribution in [1.82, 2.24) is 9.97 Å². The van der Waals surface area contributed by atoms with Gasteiger partial charge in [0.1, 0.15) is 10.3 Å². The van der Waals surface area contributed by atoms with Crippen LogP contribution in [0.4, 0.5) is 5.82 Å². The number of aromatic amines is 1. The molecular formula is C7H6BrN3O. The maximum atomic E-state index is 11.0. The van der Waals surface area contributed by atoms with Crippen LogP contribution < -0.4 is 10.9 Å². The van der Waals surface area contributed by atoms with Crippen LogP contribution in [-0.4, -0.2) is 16.5 Å². The summed E-state index contributed by atoms with van der Waals surface area (Å²) in [7, 11) is 0. The Hall–Kier alpha value is -1.28. The van der Waals surface area contributed by atoms with E-state index in [9.17, 15) is 4.79 Å². The van der Waals surface area contributed by atoms with Crippen LogP contribution >= 0.6 is 15.9 Å².